The molecule has 1 heterocycles. The fourth-order valence-corrected chi connectivity index (χ4v) is 2.62. The Bertz CT molecular complexity index is 391. The smallest absolute Gasteiger partial charge is 0.223 e. The minimum atomic E-state index is 0.188. The van der Waals surface area contributed by atoms with Crippen LogP contribution in [0.1, 0.15) is 44.2 Å². The van der Waals surface area contributed by atoms with Gasteiger partial charge in [-0.1, -0.05) is 43.7 Å². The summed E-state index contributed by atoms with van der Waals surface area (Å²) in [6.07, 6.45) is 3.79. The van der Waals surface area contributed by atoms with Gasteiger partial charge in [-0.15, -0.1) is 0 Å². The number of rotatable bonds is 4. The number of carbonyl (C=O) groups is 1. The molecule has 1 saturated heterocycles. The highest BCUT2D eigenvalue weighted by molar-refractivity contribution is 5.76. The van der Waals surface area contributed by atoms with Gasteiger partial charge in [0, 0.05) is 19.5 Å². The molecule has 3 nitrogen and oxygen atoms in total. The standard InChI is InChI=1S/C16H24N2O/c1-2-3-10-16(19)18-12-7-11-17-13-15(18)14-8-5-4-6-9-14/h4-6,8-9,15,17H,2-3,7,10-13H2,1H3. The van der Waals surface area contributed by atoms with Gasteiger partial charge in [-0.05, 0) is 24.9 Å². The number of benzene rings is 1. The highest BCUT2D eigenvalue weighted by Crippen LogP contribution is 2.23. The second-order valence-corrected chi connectivity index (χ2v) is 5.17. The molecule has 1 N–H and O–H groups in total. The zero-order valence-electron chi connectivity index (χ0n) is 11.8. The van der Waals surface area contributed by atoms with E-state index in [9.17, 15) is 4.79 Å². The van der Waals surface area contributed by atoms with E-state index in [4.69, 9.17) is 0 Å². The van der Waals surface area contributed by atoms with E-state index in [1.54, 1.807) is 0 Å². The molecule has 1 aliphatic heterocycles. The molecule has 1 unspecified atom stereocenters. The summed E-state index contributed by atoms with van der Waals surface area (Å²) in [4.78, 5) is 14.5. The summed E-state index contributed by atoms with van der Waals surface area (Å²) >= 11 is 0. The Hall–Kier alpha value is -1.35. The van der Waals surface area contributed by atoms with Crippen LogP contribution in [-0.2, 0) is 4.79 Å². The van der Waals surface area contributed by atoms with E-state index in [1.807, 2.05) is 6.07 Å². The zero-order valence-corrected chi connectivity index (χ0v) is 11.8. The average molecular weight is 260 g/mol. The quantitative estimate of drug-likeness (QED) is 0.903. The molecule has 104 valence electrons. The third kappa shape index (κ3) is 3.80. The van der Waals surface area contributed by atoms with Crippen LogP contribution >= 0.6 is 0 Å². The first-order chi connectivity index (χ1) is 9.33. The number of hydrogen-bond acceptors (Lipinski definition) is 2. The van der Waals surface area contributed by atoms with Crippen LogP contribution in [0.15, 0.2) is 30.3 Å². The number of amides is 1. The van der Waals surface area contributed by atoms with Crippen molar-refractivity contribution in [2.75, 3.05) is 19.6 Å². The molecule has 1 amide bonds. The fraction of sp³-hybridized carbons (Fsp3) is 0.562. The lowest BCUT2D eigenvalue weighted by molar-refractivity contribution is -0.133. The van der Waals surface area contributed by atoms with Gasteiger partial charge < -0.3 is 10.2 Å². The van der Waals surface area contributed by atoms with Gasteiger partial charge in [-0.25, -0.2) is 0 Å². The topological polar surface area (TPSA) is 32.3 Å². The molecule has 1 aromatic rings. The minimum absolute atomic E-state index is 0.188. The Morgan fingerprint density at radius 2 is 2.16 bits per heavy atom. The molecule has 1 fully saturated rings. The van der Waals surface area contributed by atoms with E-state index < -0.39 is 0 Å². The monoisotopic (exact) mass is 260 g/mol. The van der Waals surface area contributed by atoms with Crippen molar-refractivity contribution >= 4 is 5.91 Å². The molecule has 0 aromatic heterocycles. The maximum absolute atomic E-state index is 12.4. The van der Waals surface area contributed by atoms with Crippen molar-refractivity contribution in [1.82, 2.24) is 10.2 Å². The Balaban J connectivity index is 2.13. The van der Waals surface area contributed by atoms with Gasteiger partial charge in [0.15, 0.2) is 0 Å². The van der Waals surface area contributed by atoms with Gasteiger partial charge in [0.05, 0.1) is 6.04 Å². The molecular weight excluding hydrogens is 236 g/mol. The molecule has 0 spiro atoms. The predicted molar refractivity (Wildman–Crippen MR) is 77.9 cm³/mol. The van der Waals surface area contributed by atoms with Crippen molar-refractivity contribution in [2.24, 2.45) is 0 Å². The summed E-state index contributed by atoms with van der Waals surface area (Å²) in [5.41, 5.74) is 1.24. The molecule has 0 radical (unpaired) electrons. The summed E-state index contributed by atoms with van der Waals surface area (Å²) in [6, 6.07) is 10.6. The van der Waals surface area contributed by atoms with Gasteiger partial charge in [-0.3, -0.25) is 4.79 Å². The summed E-state index contributed by atoms with van der Waals surface area (Å²) in [5.74, 6) is 0.305. The van der Waals surface area contributed by atoms with Crippen LogP contribution in [0.4, 0.5) is 0 Å². The SMILES string of the molecule is CCCCC(=O)N1CCCNCC1c1ccccc1. The maximum atomic E-state index is 12.4. The van der Waals surface area contributed by atoms with Crippen LogP contribution in [-0.4, -0.2) is 30.4 Å². The summed E-state index contributed by atoms with van der Waals surface area (Å²) in [7, 11) is 0. The number of unbranched alkanes of at least 4 members (excludes halogenated alkanes) is 1. The van der Waals surface area contributed by atoms with Crippen LogP contribution in [0, 0.1) is 0 Å². The van der Waals surface area contributed by atoms with E-state index in [0.717, 1.165) is 38.9 Å². The Labute approximate surface area is 116 Å². The first kappa shape index (κ1) is 14.1. The molecule has 0 saturated carbocycles. The van der Waals surface area contributed by atoms with Gasteiger partial charge in [0.1, 0.15) is 0 Å². The fourth-order valence-electron chi connectivity index (χ4n) is 2.62. The molecular formula is C16H24N2O. The molecule has 1 aromatic carbocycles. The summed E-state index contributed by atoms with van der Waals surface area (Å²) in [5, 5.41) is 3.44. The van der Waals surface area contributed by atoms with Gasteiger partial charge in [-0.2, -0.15) is 0 Å². The first-order valence-electron chi connectivity index (χ1n) is 7.38. The molecule has 1 aliphatic rings. The number of nitrogens with one attached hydrogen (secondary N) is 1. The lowest BCUT2D eigenvalue weighted by atomic mass is 10.0. The average Bonchev–Trinajstić information content (AvgIpc) is 2.71. The van der Waals surface area contributed by atoms with Crippen molar-refractivity contribution < 1.29 is 4.79 Å². The van der Waals surface area contributed by atoms with Gasteiger partial charge in [0.25, 0.3) is 0 Å². The summed E-state index contributed by atoms with van der Waals surface area (Å²) in [6.45, 7) is 4.86. The predicted octanol–water partition coefficient (Wildman–Crippen LogP) is 2.74. The number of nitrogens with zero attached hydrogens (tertiary/aromatic N) is 1. The molecule has 0 bridgehead atoms. The lowest BCUT2D eigenvalue weighted by Gasteiger charge is -2.30. The Morgan fingerprint density at radius 3 is 2.89 bits per heavy atom. The van der Waals surface area contributed by atoms with Crippen LogP contribution < -0.4 is 5.32 Å². The van der Waals surface area contributed by atoms with Crippen LogP contribution in [0.3, 0.4) is 0 Å². The second-order valence-electron chi connectivity index (χ2n) is 5.17. The Kier molecular flexibility index (Phi) is 5.40. The third-order valence-corrected chi connectivity index (χ3v) is 3.72. The highest BCUT2D eigenvalue weighted by atomic mass is 16.2. The van der Waals surface area contributed by atoms with Crippen LogP contribution in [0.25, 0.3) is 0 Å². The normalized spacial score (nSPS) is 20.1. The lowest BCUT2D eigenvalue weighted by Crippen LogP contribution is -2.37. The van der Waals surface area contributed by atoms with E-state index in [-0.39, 0.29) is 6.04 Å². The van der Waals surface area contributed by atoms with Crippen molar-refractivity contribution in [3.8, 4) is 0 Å². The largest absolute Gasteiger partial charge is 0.334 e. The van der Waals surface area contributed by atoms with Gasteiger partial charge >= 0.3 is 0 Å². The van der Waals surface area contributed by atoms with E-state index >= 15 is 0 Å². The van der Waals surface area contributed by atoms with Crippen molar-refractivity contribution in [3.05, 3.63) is 35.9 Å². The number of hydrogen-bond donors (Lipinski definition) is 1. The third-order valence-electron chi connectivity index (χ3n) is 3.72. The van der Waals surface area contributed by atoms with Crippen molar-refractivity contribution in [2.45, 2.75) is 38.6 Å². The van der Waals surface area contributed by atoms with Gasteiger partial charge in [0.2, 0.25) is 5.91 Å². The molecule has 2 rings (SSSR count). The molecule has 1 atom stereocenters. The van der Waals surface area contributed by atoms with E-state index in [1.165, 1.54) is 5.56 Å². The number of carbonyl (C=O) groups excluding carboxylic acids is 1. The minimum Gasteiger partial charge on any atom is -0.334 e. The molecule has 19 heavy (non-hydrogen) atoms. The second kappa shape index (κ2) is 7.29. The van der Waals surface area contributed by atoms with Crippen molar-refractivity contribution in [3.63, 3.8) is 0 Å². The highest BCUT2D eigenvalue weighted by Gasteiger charge is 2.25. The molecule has 3 heteroatoms. The van der Waals surface area contributed by atoms with Crippen LogP contribution in [0.5, 0.6) is 0 Å². The van der Waals surface area contributed by atoms with Crippen molar-refractivity contribution in [1.29, 1.82) is 0 Å². The molecule has 0 aliphatic carbocycles. The van der Waals surface area contributed by atoms with E-state index in [2.05, 4.69) is 41.4 Å². The van der Waals surface area contributed by atoms with E-state index in [0.29, 0.717) is 12.3 Å². The summed E-state index contributed by atoms with van der Waals surface area (Å²) < 4.78 is 0. The first-order valence-corrected chi connectivity index (χ1v) is 7.38. The maximum Gasteiger partial charge on any atom is 0.223 e. The Morgan fingerprint density at radius 1 is 1.37 bits per heavy atom. The zero-order chi connectivity index (χ0) is 13.5. The van der Waals surface area contributed by atoms with Crippen LogP contribution in [0.2, 0.25) is 0 Å².